The molecule has 0 saturated heterocycles. The van der Waals surface area contributed by atoms with Gasteiger partial charge < -0.3 is 20.5 Å². The highest BCUT2D eigenvalue weighted by molar-refractivity contribution is 5.90. The van der Waals surface area contributed by atoms with Crippen LogP contribution in [0.15, 0.2) is 48.5 Å². The van der Waals surface area contributed by atoms with Crippen LogP contribution in [0.25, 0.3) is 0 Å². The number of urea groups is 1. The fourth-order valence-electron chi connectivity index (χ4n) is 2.45. The van der Waals surface area contributed by atoms with E-state index in [-0.39, 0.29) is 12.1 Å². The maximum Gasteiger partial charge on any atom is 0.319 e. The van der Waals surface area contributed by atoms with E-state index in [1.54, 1.807) is 13.2 Å². The van der Waals surface area contributed by atoms with Gasteiger partial charge in [0.1, 0.15) is 5.75 Å². The Hall–Kier alpha value is -2.53. The zero-order chi connectivity index (χ0) is 17.5. The summed E-state index contributed by atoms with van der Waals surface area (Å²) in [5.41, 5.74) is 2.49. The molecule has 0 aliphatic heterocycles. The lowest BCUT2D eigenvalue weighted by Gasteiger charge is -2.19. The standard InChI is InChI=1S/C19H24N2O3/c1-13-9-10-16(24-3)12-17(13)21-19(23)20-14(2)11-18(22)15-7-5-4-6-8-15/h4-10,12,14,18,22H,11H2,1-3H3,(H2,20,21,23)/t14-,18-/m1/s1. The fourth-order valence-corrected chi connectivity index (χ4v) is 2.45. The number of ether oxygens (including phenoxy) is 1. The first-order valence-corrected chi connectivity index (χ1v) is 7.94. The van der Waals surface area contributed by atoms with E-state index in [0.29, 0.717) is 17.9 Å². The normalized spacial score (nSPS) is 13.0. The predicted octanol–water partition coefficient (Wildman–Crippen LogP) is 3.64. The van der Waals surface area contributed by atoms with Crippen LogP contribution >= 0.6 is 0 Å². The van der Waals surface area contributed by atoms with Gasteiger partial charge in [0.05, 0.1) is 13.2 Å². The molecule has 0 spiro atoms. The number of carbonyl (C=O) groups excluding carboxylic acids is 1. The number of aliphatic hydroxyl groups excluding tert-OH is 1. The molecule has 0 unspecified atom stereocenters. The van der Waals surface area contributed by atoms with Crippen molar-refractivity contribution in [2.45, 2.75) is 32.4 Å². The smallest absolute Gasteiger partial charge is 0.319 e. The highest BCUT2D eigenvalue weighted by atomic mass is 16.5. The first kappa shape index (κ1) is 17.8. The van der Waals surface area contributed by atoms with Gasteiger partial charge in [-0.3, -0.25) is 0 Å². The van der Waals surface area contributed by atoms with Gasteiger partial charge in [0.15, 0.2) is 0 Å². The molecule has 3 N–H and O–H groups in total. The van der Waals surface area contributed by atoms with Crippen molar-refractivity contribution >= 4 is 11.7 Å². The fraction of sp³-hybridized carbons (Fsp3) is 0.316. The lowest BCUT2D eigenvalue weighted by molar-refractivity contribution is 0.155. The highest BCUT2D eigenvalue weighted by Gasteiger charge is 2.15. The summed E-state index contributed by atoms with van der Waals surface area (Å²) in [5.74, 6) is 0.684. The van der Waals surface area contributed by atoms with Gasteiger partial charge in [0.25, 0.3) is 0 Å². The summed E-state index contributed by atoms with van der Waals surface area (Å²) >= 11 is 0. The van der Waals surface area contributed by atoms with Crippen LogP contribution in [0.4, 0.5) is 10.5 Å². The summed E-state index contributed by atoms with van der Waals surface area (Å²) in [7, 11) is 1.58. The number of amides is 2. The van der Waals surface area contributed by atoms with Gasteiger partial charge in [0.2, 0.25) is 0 Å². The largest absolute Gasteiger partial charge is 0.497 e. The quantitative estimate of drug-likeness (QED) is 0.758. The van der Waals surface area contributed by atoms with Gasteiger partial charge in [0, 0.05) is 17.8 Å². The van der Waals surface area contributed by atoms with Crippen molar-refractivity contribution in [2.24, 2.45) is 0 Å². The molecule has 2 aromatic rings. The number of nitrogens with one attached hydrogen (secondary N) is 2. The lowest BCUT2D eigenvalue weighted by atomic mass is 10.0. The first-order valence-electron chi connectivity index (χ1n) is 7.94. The van der Waals surface area contributed by atoms with Crippen molar-refractivity contribution in [1.29, 1.82) is 0 Å². The molecule has 128 valence electrons. The Kier molecular flexibility index (Phi) is 6.21. The van der Waals surface area contributed by atoms with Crippen molar-refractivity contribution in [2.75, 3.05) is 12.4 Å². The van der Waals surface area contributed by atoms with Crippen LogP contribution < -0.4 is 15.4 Å². The van der Waals surface area contributed by atoms with E-state index in [1.807, 2.05) is 56.3 Å². The van der Waals surface area contributed by atoms with E-state index < -0.39 is 6.10 Å². The average Bonchev–Trinajstić information content (AvgIpc) is 2.57. The number of benzene rings is 2. The topological polar surface area (TPSA) is 70.6 Å². The predicted molar refractivity (Wildman–Crippen MR) is 95.4 cm³/mol. The second-order valence-electron chi connectivity index (χ2n) is 5.84. The molecule has 0 heterocycles. The molecule has 2 atom stereocenters. The molecule has 0 aliphatic rings. The molecule has 5 heteroatoms. The second kappa shape index (κ2) is 8.36. The Morgan fingerprint density at radius 1 is 1.21 bits per heavy atom. The summed E-state index contributed by atoms with van der Waals surface area (Å²) in [6.07, 6.45) is -0.172. The Morgan fingerprint density at radius 2 is 1.92 bits per heavy atom. The van der Waals surface area contributed by atoms with Crippen LogP contribution in [0.5, 0.6) is 5.75 Å². The van der Waals surface area contributed by atoms with Gasteiger partial charge >= 0.3 is 6.03 Å². The number of aryl methyl sites for hydroxylation is 1. The molecule has 0 bridgehead atoms. The molecule has 0 saturated carbocycles. The first-order chi connectivity index (χ1) is 11.5. The monoisotopic (exact) mass is 328 g/mol. The highest BCUT2D eigenvalue weighted by Crippen LogP contribution is 2.22. The lowest BCUT2D eigenvalue weighted by Crippen LogP contribution is -2.37. The van der Waals surface area contributed by atoms with E-state index in [1.165, 1.54) is 0 Å². The summed E-state index contributed by atoms with van der Waals surface area (Å²) in [5, 5.41) is 15.9. The maximum atomic E-state index is 12.1. The molecule has 2 aromatic carbocycles. The van der Waals surface area contributed by atoms with Gasteiger partial charge in [-0.25, -0.2) is 4.79 Å². The third-order valence-corrected chi connectivity index (χ3v) is 3.83. The number of anilines is 1. The minimum Gasteiger partial charge on any atom is -0.497 e. The Morgan fingerprint density at radius 3 is 2.58 bits per heavy atom. The number of aliphatic hydroxyl groups is 1. The van der Waals surface area contributed by atoms with E-state index in [2.05, 4.69) is 10.6 Å². The molecule has 2 amide bonds. The molecule has 0 fully saturated rings. The number of carbonyl (C=O) groups is 1. The zero-order valence-corrected chi connectivity index (χ0v) is 14.2. The second-order valence-corrected chi connectivity index (χ2v) is 5.84. The molecule has 2 rings (SSSR count). The number of hydrogen-bond acceptors (Lipinski definition) is 3. The third kappa shape index (κ3) is 4.99. The van der Waals surface area contributed by atoms with E-state index in [0.717, 1.165) is 11.1 Å². The summed E-state index contributed by atoms with van der Waals surface area (Å²) in [4.78, 5) is 12.1. The molecule has 0 aliphatic carbocycles. The van der Waals surface area contributed by atoms with Crippen molar-refractivity contribution in [3.05, 3.63) is 59.7 Å². The van der Waals surface area contributed by atoms with Crippen LogP contribution in [0, 0.1) is 6.92 Å². The van der Waals surface area contributed by atoms with Crippen LogP contribution in [-0.2, 0) is 0 Å². The van der Waals surface area contributed by atoms with E-state index in [4.69, 9.17) is 4.74 Å². The number of methoxy groups -OCH3 is 1. The SMILES string of the molecule is COc1ccc(C)c(NC(=O)N[C@H](C)C[C@@H](O)c2ccccc2)c1. The minimum atomic E-state index is -0.611. The van der Waals surface area contributed by atoms with Crippen molar-refractivity contribution < 1.29 is 14.6 Å². The van der Waals surface area contributed by atoms with Gasteiger partial charge in [-0.15, -0.1) is 0 Å². The molecule has 0 radical (unpaired) electrons. The number of hydrogen-bond donors (Lipinski definition) is 3. The molecular weight excluding hydrogens is 304 g/mol. The Bertz CT molecular complexity index is 674. The molecule has 0 aromatic heterocycles. The Labute approximate surface area is 142 Å². The molecular formula is C19H24N2O3. The number of rotatable bonds is 6. The average molecular weight is 328 g/mol. The Balaban J connectivity index is 1.90. The summed E-state index contributed by atoms with van der Waals surface area (Å²) in [6, 6.07) is 14.4. The summed E-state index contributed by atoms with van der Waals surface area (Å²) in [6.45, 7) is 3.78. The third-order valence-electron chi connectivity index (χ3n) is 3.83. The maximum absolute atomic E-state index is 12.1. The van der Waals surface area contributed by atoms with E-state index in [9.17, 15) is 9.90 Å². The molecule has 24 heavy (non-hydrogen) atoms. The van der Waals surface area contributed by atoms with Crippen LogP contribution in [0.3, 0.4) is 0 Å². The van der Waals surface area contributed by atoms with E-state index >= 15 is 0 Å². The minimum absolute atomic E-state index is 0.175. The molecule has 5 nitrogen and oxygen atoms in total. The van der Waals surface area contributed by atoms with Crippen LogP contribution in [-0.4, -0.2) is 24.3 Å². The van der Waals surface area contributed by atoms with Gasteiger partial charge in [-0.1, -0.05) is 36.4 Å². The van der Waals surface area contributed by atoms with Crippen molar-refractivity contribution in [3.8, 4) is 5.75 Å². The van der Waals surface area contributed by atoms with Crippen molar-refractivity contribution in [3.63, 3.8) is 0 Å². The van der Waals surface area contributed by atoms with Gasteiger partial charge in [-0.05, 0) is 37.5 Å². The van der Waals surface area contributed by atoms with Gasteiger partial charge in [-0.2, -0.15) is 0 Å². The zero-order valence-electron chi connectivity index (χ0n) is 14.2. The van der Waals surface area contributed by atoms with Crippen LogP contribution in [0.1, 0.15) is 30.6 Å². The summed E-state index contributed by atoms with van der Waals surface area (Å²) < 4.78 is 5.17. The van der Waals surface area contributed by atoms with Crippen molar-refractivity contribution in [1.82, 2.24) is 5.32 Å². The van der Waals surface area contributed by atoms with Crippen LogP contribution in [0.2, 0.25) is 0 Å².